The number of nitrogens with two attached hydrogens (primary N) is 3. The topological polar surface area (TPSA) is 212 Å². The molecule has 0 heterocycles. The van der Waals surface area contributed by atoms with Crippen LogP contribution >= 0.6 is 11.8 Å². The summed E-state index contributed by atoms with van der Waals surface area (Å²) in [6, 6.07) is 11.2. The van der Waals surface area contributed by atoms with Crippen molar-refractivity contribution in [3.05, 3.63) is 69.8 Å². The van der Waals surface area contributed by atoms with Gasteiger partial charge in [-0.3, -0.25) is 24.7 Å². The normalized spacial score (nSPS) is 12.2. The monoisotopic (exact) mass is 545 g/mol. The fourth-order valence-corrected chi connectivity index (χ4v) is 4.31. The van der Waals surface area contributed by atoms with Gasteiger partial charge >= 0.3 is 0 Å². The van der Waals surface area contributed by atoms with Crippen molar-refractivity contribution >= 4 is 35.2 Å². The Kier molecular flexibility index (Phi) is 12.9. The number of aromatic hydroxyl groups is 1. The van der Waals surface area contributed by atoms with Crippen LogP contribution in [0.25, 0.3) is 0 Å². The molecule has 13 heteroatoms. The number of hydrogen-bond donors (Lipinski definition) is 6. The van der Waals surface area contributed by atoms with Gasteiger partial charge in [0.15, 0.2) is 5.96 Å². The first kappa shape index (κ1) is 30.4. The molecule has 0 saturated heterocycles. The van der Waals surface area contributed by atoms with Crippen LogP contribution in [0.2, 0.25) is 0 Å². The summed E-state index contributed by atoms with van der Waals surface area (Å²) >= 11 is 1.64. The number of nitro benzene ring substituents is 1. The number of nitrogens with zero attached hydrogens (tertiary/aromatic N) is 2. The number of aryl methyl sites for hydroxylation is 1. The first-order chi connectivity index (χ1) is 18.2. The van der Waals surface area contributed by atoms with Crippen LogP contribution in [0.1, 0.15) is 24.0 Å². The van der Waals surface area contributed by atoms with E-state index < -0.39 is 22.9 Å². The highest BCUT2D eigenvalue weighted by Gasteiger charge is 2.23. The van der Waals surface area contributed by atoms with E-state index in [9.17, 15) is 24.8 Å². The quantitative estimate of drug-likeness (QED) is 0.0578. The molecule has 2 atom stereocenters. The predicted molar refractivity (Wildman–Crippen MR) is 149 cm³/mol. The number of carbonyl (C=O) groups excluding carboxylic acids is 2. The average molecular weight is 546 g/mol. The molecule has 0 aromatic heterocycles. The Balaban J connectivity index is 1.80. The zero-order valence-corrected chi connectivity index (χ0v) is 21.9. The molecule has 0 fully saturated rings. The van der Waals surface area contributed by atoms with Gasteiger partial charge in [-0.2, -0.15) is 11.8 Å². The van der Waals surface area contributed by atoms with E-state index in [1.54, 1.807) is 36.0 Å². The number of hydrogen-bond acceptors (Lipinski definition) is 8. The summed E-state index contributed by atoms with van der Waals surface area (Å²) in [4.78, 5) is 39.7. The highest BCUT2D eigenvalue weighted by Crippen LogP contribution is 2.14. The Hall–Kier alpha value is -3.84. The zero-order valence-electron chi connectivity index (χ0n) is 21.0. The fraction of sp³-hybridized carbons (Fsp3) is 0.400. The van der Waals surface area contributed by atoms with Gasteiger partial charge in [0.05, 0.1) is 11.0 Å². The summed E-state index contributed by atoms with van der Waals surface area (Å²) in [6.07, 6.45) is 1.81. The third kappa shape index (κ3) is 11.5. The number of phenols is 1. The van der Waals surface area contributed by atoms with E-state index in [2.05, 4.69) is 15.6 Å². The number of aliphatic imine (C=N–C) groups is 1. The highest BCUT2D eigenvalue weighted by atomic mass is 32.2. The maximum Gasteiger partial charge on any atom is 0.269 e. The van der Waals surface area contributed by atoms with Gasteiger partial charge in [-0.25, -0.2) is 0 Å². The van der Waals surface area contributed by atoms with Gasteiger partial charge in [-0.05, 0) is 54.7 Å². The average Bonchev–Trinajstić information content (AvgIpc) is 2.89. The van der Waals surface area contributed by atoms with Crippen LogP contribution in [0.4, 0.5) is 5.69 Å². The van der Waals surface area contributed by atoms with Gasteiger partial charge in [0, 0.05) is 31.0 Å². The zero-order chi connectivity index (χ0) is 27.9. The summed E-state index contributed by atoms with van der Waals surface area (Å²) < 4.78 is 0. The van der Waals surface area contributed by atoms with Crippen molar-refractivity contribution in [2.45, 2.75) is 37.8 Å². The van der Waals surface area contributed by atoms with E-state index in [0.717, 1.165) is 23.3 Å². The Morgan fingerprint density at radius 2 is 1.68 bits per heavy atom. The molecule has 206 valence electrons. The Morgan fingerprint density at radius 3 is 2.32 bits per heavy atom. The number of amides is 2. The van der Waals surface area contributed by atoms with E-state index in [4.69, 9.17) is 17.2 Å². The molecule has 0 spiro atoms. The molecule has 2 amide bonds. The van der Waals surface area contributed by atoms with Crippen molar-refractivity contribution in [2.75, 3.05) is 24.6 Å². The molecule has 0 saturated carbocycles. The van der Waals surface area contributed by atoms with E-state index in [0.29, 0.717) is 31.7 Å². The molecule has 0 unspecified atom stereocenters. The lowest BCUT2D eigenvalue weighted by Gasteiger charge is -2.21. The molecule has 2 aromatic carbocycles. The summed E-state index contributed by atoms with van der Waals surface area (Å²) in [5, 5.41) is 25.7. The van der Waals surface area contributed by atoms with Crippen molar-refractivity contribution < 1.29 is 19.6 Å². The number of nitrogens with one attached hydrogen (secondary N) is 2. The number of carbonyl (C=O) groups is 2. The van der Waals surface area contributed by atoms with Gasteiger partial charge in [0.25, 0.3) is 5.69 Å². The second-order valence-electron chi connectivity index (χ2n) is 8.56. The molecule has 0 radical (unpaired) electrons. The number of nitro groups is 1. The van der Waals surface area contributed by atoms with Crippen LogP contribution in [0.5, 0.6) is 5.75 Å². The minimum atomic E-state index is -0.873. The van der Waals surface area contributed by atoms with E-state index in [-0.39, 0.29) is 29.7 Å². The summed E-state index contributed by atoms with van der Waals surface area (Å²) in [5.74, 6) is 0.741. The van der Waals surface area contributed by atoms with Gasteiger partial charge in [-0.1, -0.05) is 24.3 Å². The standard InChI is InChI=1S/C25H35N7O5S/c26-21(16-18-5-9-20(33)10-6-18)23(34)31-22(2-1-12-30-25(27)28)24(35)29-13-15-38-14-11-17-3-7-19(8-4-17)32(36)37/h3-10,21-22,33H,1-2,11-16,26H2,(H,29,35)(H,31,34)(H4,27,28,30)/t21-,22+/m0/s1. The molecular weight excluding hydrogens is 510 g/mol. The number of rotatable bonds is 16. The maximum absolute atomic E-state index is 12.8. The van der Waals surface area contributed by atoms with Crippen molar-refractivity contribution in [3.8, 4) is 5.75 Å². The number of phenolic OH excluding ortho intramolecular Hbond substituents is 1. The van der Waals surface area contributed by atoms with Gasteiger partial charge < -0.3 is 32.9 Å². The van der Waals surface area contributed by atoms with Crippen LogP contribution in [0.3, 0.4) is 0 Å². The molecule has 0 bridgehead atoms. The third-order valence-corrected chi connectivity index (χ3v) is 6.52. The van der Waals surface area contributed by atoms with Crippen molar-refractivity contribution in [3.63, 3.8) is 0 Å². The minimum Gasteiger partial charge on any atom is -0.508 e. The smallest absolute Gasteiger partial charge is 0.269 e. The van der Waals surface area contributed by atoms with Crippen LogP contribution in [-0.2, 0) is 22.4 Å². The van der Waals surface area contributed by atoms with Crippen molar-refractivity contribution in [1.29, 1.82) is 0 Å². The minimum absolute atomic E-state index is 0.0447. The molecule has 0 aliphatic heterocycles. The van der Waals surface area contributed by atoms with Gasteiger partial charge in [0.2, 0.25) is 11.8 Å². The van der Waals surface area contributed by atoms with Crippen LogP contribution in [0.15, 0.2) is 53.5 Å². The van der Waals surface area contributed by atoms with Crippen molar-refractivity contribution in [2.24, 2.45) is 22.2 Å². The molecule has 0 aliphatic rings. The van der Waals surface area contributed by atoms with E-state index in [1.807, 2.05) is 0 Å². The van der Waals surface area contributed by atoms with Crippen LogP contribution < -0.4 is 27.8 Å². The molecule has 9 N–H and O–H groups in total. The summed E-state index contributed by atoms with van der Waals surface area (Å²) in [5.41, 5.74) is 18.6. The Labute approximate surface area is 225 Å². The summed E-state index contributed by atoms with van der Waals surface area (Å²) in [7, 11) is 0. The number of benzene rings is 2. The van der Waals surface area contributed by atoms with Gasteiger partial charge in [-0.15, -0.1) is 0 Å². The molecule has 2 rings (SSSR count). The largest absolute Gasteiger partial charge is 0.508 e. The molecule has 2 aromatic rings. The maximum atomic E-state index is 12.8. The number of thioether (sulfide) groups is 1. The summed E-state index contributed by atoms with van der Waals surface area (Å²) in [6.45, 7) is 0.726. The Bertz CT molecular complexity index is 1080. The number of non-ortho nitro benzene ring substituents is 1. The first-order valence-electron chi connectivity index (χ1n) is 12.1. The molecular formula is C25H35N7O5S. The Morgan fingerprint density at radius 1 is 1.03 bits per heavy atom. The fourth-order valence-electron chi connectivity index (χ4n) is 3.48. The van der Waals surface area contributed by atoms with Crippen LogP contribution in [-0.4, -0.2) is 64.5 Å². The lowest BCUT2D eigenvalue weighted by molar-refractivity contribution is -0.384. The van der Waals surface area contributed by atoms with Crippen LogP contribution in [0, 0.1) is 10.1 Å². The third-order valence-electron chi connectivity index (χ3n) is 5.53. The molecule has 12 nitrogen and oxygen atoms in total. The lowest BCUT2D eigenvalue weighted by atomic mass is 10.0. The molecule has 0 aliphatic carbocycles. The number of guanidine groups is 1. The molecule has 38 heavy (non-hydrogen) atoms. The van der Waals surface area contributed by atoms with E-state index in [1.165, 1.54) is 24.3 Å². The SMILES string of the molecule is NC(N)=NCCC[C@@H](NC(=O)[C@@H](N)Cc1ccc(O)cc1)C(=O)NCCSCCc1ccc([N+](=O)[O-])cc1. The van der Waals surface area contributed by atoms with Crippen molar-refractivity contribution in [1.82, 2.24) is 10.6 Å². The lowest BCUT2D eigenvalue weighted by Crippen LogP contribution is -2.52. The highest BCUT2D eigenvalue weighted by molar-refractivity contribution is 7.99. The second kappa shape index (κ2) is 16.1. The predicted octanol–water partition coefficient (Wildman–Crippen LogP) is 0.801. The first-order valence-corrected chi connectivity index (χ1v) is 13.3. The van der Waals surface area contributed by atoms with E-state index >= 15 is 0 Å². The second-order valence-corrected chi connectivity index (χ2v) is 9.79. The van der Waals surface area contributed by atoms with Gasteiger partial charge in [0.1, 0.15) is 11.8 Å².